The highest BCUT2D eigenvalue weighted by Crippen LogP contribution is 2.37. The Labute approximate surface area is 253 Å². The smallest absolute Gasteiger partial charge is 0.308 e. The second kappa shape index (κ2) is 15.1. The Balaban J connectivity index is 1.83. The Bertz CT molecular complexity index is 1460. The molecule has 0 aliphatic rings. The van der Waals surface area contributed by atoms with Crippen molar-refractivity contribution in [3.63, 3.8) is 0 Å². The summed E-state index contributed by atoms with van der Waals surface area (Å²) < 4.78 is 37.7. The van der Waals surface area contributed by atoms with Crippen LogP contribution in [-0.2, 0) is 25.0 Å². The van der Waals surface area contributed by atoms with Crippen LogP contribution in [0.4, 0.5) is 5.69 Å². The average molecular weight is 615 g/mol. The van der Waals surface area contributed by atoms with Gasteiger partial charge in [-0.15, -0.1) is 0 Å². The van der Waals surface area contributed by atoms with Gasteiger partial charge in [0.25, 0.3) is 5.91 Å². The zero-order valence-corrected chi connectivity index (χ0v) is 25.7. The van der Waals surface area contributed by atoms with E-state index >= 15 is 0 Å². The van der Waals surface area contributed by atoms with E-state index in [2.05, 4.69) is 6.92 Å². The monoisotopic (exact) mass is 614 g/mol. The number of halogens is 1. The van der Waals surface area contributed by atoms with E-state index in [1.165, 1.54) is 81.1 Å². The van der Waals surface area contributed by atoms with Crippen LogP contribution in [0.5, 0.6) is 11.5 Å². The molecule has 0 heterocycles. The summed E-state index contributed by atoms with van der Waals surface area (Å²) in [4.78, 5) is 24.3. The number of anilines is 1. The minimum Gasteiger partial charge on any atom is -0.473 e. The molecule has 10 heteroatoms. The number of rotatable bonds is 16. The number of sulfone groups is 1. The molecule has 0 aliphatic carbocycles. The fourth-order valence-corrected chi connectivity index (χ4v) is 6.13. The lowest BCUT2D eigenvalue weighted by Crippen LogP contribution is -2.46. The van der Waals surface area contributed by atoms with E-state index in [0.29, 0.717) is 29.1 Å². The third-order valence-electron chi connectivity index (χ3n) is 7.06. The lowest BCUT2D eigenvalue weighted by atomic mass is 9.86. The molecule has 42 heavy (non-hydrogen) atoms. The van der Waals surface area contributed by atoms with E-state index in [0.717, 1.165) is 19.3 Å². The van der Waals surface area contributed by atoms with E-state index in [1.54, 1.807) is 18.2 Å². The van der Waals surface area contributed by atoms with Crippen LogP contribution in [0.2, 0.25) is 5.02 Å². The van der Waals surface area contributed by atoms with Gasteiger partial charge in [0, 0.05) is 18.9 Å². The second-order valence-corrected chi connectivity index (χ2v) is 12.7. The zero-order chi connectivity index (χ0) is 30.8. The third-order valence-corrected chi connectivity index (χ3v) is 9.19. The number of ether oxygens (including phenoxy) is 2. The quantitative estimate of drug-likeness (QED) is 0.0768. The van der Waals surface area contributed by atoms with Crippen molar-refractivity contribution in [2.24, 2.45) is 5.73 Å². The minimum atomic E-state index is -3.87. The van der Waals surface area contributed by atoms with Crippen molar-refractivity contribution >= 4 is 39.0 Å². The Morgan fingerprint density at radius 2 is 1.33 bits per heavy atom. The molecule has 226 valence electrons. The number of esters is 1. The van der Waals surface area contributed by atoms with Crippen LogP contribution in [0.15, 0.2) is 76.5 Å². The van der Waals surface area contributed by atoms with Gasteiger partial charge in [-0.05, 0) is 67.1 Å². The van der Waals surface area contributed by atoms with E-state index < -0.39 is 27.3 Å². The van der Waals surface area contributed by atoms with Gasteiger partial charge in [0.05, 0.1) is 20.5 Å². The van der Waals surface area contributed by atoms with Crippen LogP contribution in [0.1, 0.15) is 77.2 Å². The molecular formula is C32H39ClN2O6S. The number of amides is 1. The molecule has 0 aliphatic heterocycles. The minimum absolute atomic E-state index is 0.0265. The maximum Gasteiger partial charge on any atom is 0.308 e. The maximum absolute atomic E-state index is 13.2. The standard InChI is InChI=1S/C32H39ClN2O6S/c1-3-4-5-6-7-8-9-10-21-32(31(35)37,24-11-20-29(33)30(34)22-24)41-26-14-18-28(19-15-26)42(38,39)27-16-12-25(13-17-27)40-23(2)36/h11-20,22H,3-10,21,34H2,1-2H3,(H2,35,37). The molecule has 3 aromatic rings. The van der Waals surface area contributed by atoms with E-state index in [1.807, 2.05) is 0 Å². The predicted octanol–water partition coefficient (Wildman–Crippen LogP) is 6.97. The number of benzene rings is 3. The zero-order valence-electron chi connectivity index (χ0n) is 24.1. The summed E-state index contributed by atoms with van der Waals surface area (Å²) in [7, 11) is -3.87. The van der Waals surface area contributed by atoms with Crippen LogP contribution >= 0.6 is 11.6 Å². The van der Waals surface area contributed by atoms with Crippen LogP contribution in [0.3, 0.4) is 0 Å². The largest absolute Gasteiger partial charge is 0.473 e. The molecule has 0 aromatic heterocycles. The van der Waals surface area contributed by atoms with Crippen molar-refractivity contribution in [1.29, 1.82) is 0 Å². The van der Waals surface area contributed by atoms with Gasteiger partial charge in [0.15, 0.2) is 0 Å². The van der Waals surface area contributed by atoms with E-state index in [9.17, 15) is 18.0 Å². The first-order valence-electron chi connectivity index (χ1n) is 14.2. The molecule has 0 spiro atoms. The first-order valence-corrected chi connectivity index (χ1v) is 16.0. The molecule has 4 N–H and O–H groups in total. The number of carbonyl (C=O) groups excluding carboxylic acids is 2. The van der Waals surface area contributed by atoms with Gasteiger partial charge < -0.3 is 20.9 Å². The van der Waals surface area contributed by atoms with Gasteiger partial charge in [0.1, 0.15) is 11.5 Å². The van der Waals surface area contributed by atoms with Crippen molar-refractivity contribution in [2.75, 3.05) is 5.73 Å². The van der Waals surface area contributed by atoms with Gasteiger partial charge in [-0.2, -0.15) is 0 Å². The van der Waals surface area contributed by atoms with Crippen LogP contribution in [0.25, 0.3) is 0 Å². The molecule has 0 bridgehead atoms. The summed E-state index contributed by atoms with van der Waals surface area (Å²) in [6.07, 6.45) is 8.91. The molecular weight excluding hydrogens is 576 g/mol. The summed E-state index contributed by atoms with van der Waals surface area (Å²) in [5.41, 5.74) is 11.3. The molecule has 0 saturated carbocycles. The van der Waals surface area contributed by atoms with Crippen LogP contribution in [-0.4, -0.2) is 20.3 Å². The number of hydrogen-bond acceptors (Lipinski definition) is 7. The molecule has 0 fully saturated rings. The summed E-state index contributed by atoms with van der Waals surface area (Å²) >= 11 is 6.15. The van der Waals surface area contributed by atoms with Gasteiger partial charge >= 0.3 is 5.97 Å². The van der Waals surface area contributed by atoms with E-state index in [-0.39, 0.29) is 21.3 Å². The van der Waals surface area contributed by atoms with Crippen molar-refractivity contribution in [3.05, 3.63) is 77.3 Å². The summed E-state index contributed by atoms with van der Waals surface area (Å²) in [5.74, 6) is -0.674. The Morgan fingerprint density at radius 1 is 0.810 bits per heavy atom. The summed E-state index contributed by atoms with van der Waals surface area (Å²) in [6.45, 7) is 3.45. The molecule has 1 atom stereocenters. The second-order valence-electron chi connectivity index (χ2n) is 10.3. The molecule has 1 amide bonds. The lowest BCUT2D eigenvalue weighted by Gasteiger charge is -2.32. The highest BCUT2D eigenvalue weighted by atomic mass is 35.5. The van der Waals surface area contributed by atoms with Crippen LogP contribution in [0, 0.1) is 0 Å². The number of carbonyl (C=O) groups is 2. The number of nitrogen functional groups attached to an aromatic ring is 1. The molecule has 0 saturated heterocycles. The van der Waals surface area contributed by atoms with Gasteiger partial charge in [0.2, 0.25) is 15.4 Å². The molecule has 1 unspecified atom stereocenters. The number of nitrogens with two attached hydrogens (primary N) is 2. The number of primary amides is 1. The first kappa shape index (κ1) is 32.9. The van der Waals surface area contributed by atoms with Crippen molar-refractivity contribution in [1.82, 2.24) is 0 Å². The van der Waals surface area contributed by atoms with Crippen LogP contribution < -0.4 is 20.9 Å². The third kappa shape index (κ3) is 8.49. The molecule has 0 radical (unpaired) electrons. The number of unbranched alkanes of at least 4 members (excludes halogenated alkanes) is 7. The Hall–Kier alpha value is -3.56. The van der Waals surface area contributed by atoms with Gasteiger partial charge in [-0.3, -0.25) is 9.59 Å². The summed E-state index contributed by atoms with van der Waals surface area (Å²) in [5, 5.41) is 0.347. The van der Waals surface area contributed by atoms with Crippen molar-refractivity contribution in [3.8, 4) is 11.5 Å². The Morgan fingerprint density at radius 3 is 1.83 bits per heavy atom. The van der Waals surface area contributed by atoms with E-state index in [4.69, 9.17) is 32.5 Å². The highest BCUT2D eigenvalue weighted by molar-refractivity contribution is 7.91. The summed E-state index contributed by atoms with van der Waals surface area (Å²) in [6, 6.07) is 16.2. The fourth-order valence-electron chi connectivity index (χ4n) is 4.75. The maximum atomic E-state index is 13.2. The normalized spacial score (nSPS) is 12.8. The SMILES string of the molecule is CCCCCCCCCCC(Oc1ccc(S(=O)(=O)c2ccc(OC(C)=O)cc2)cc1)(C(N)=O)c1ccc(Cl)c(N)c1. The van der Waals surface area contributed by atoms with Gasteiger partial charge in [-0.25, -0.2) is 8.42 Å². The van der Waals surface area contributed by atoms with Crippen molar-refractivity contribution in [2.45, 2.75) is 87.0 Å². The first-order chi connectivity index (χ1) is 20.0. The molecule has 3 aromatic carbocycles. The molecule has 3 rings (SSSR count). The molecule has 8 nitrogen and oxygen atoms in total. The topological polar surface area (TPSA) is 139 Å². The predicted molar refractivity (Wildman–Crippen MR) is 164 cm³/mol. The van der Waals surface area contributed by atoms with Gasteiger partial charge in [-0.1, -0.05) is 69.5 Å². The fraction of sp³-hybridized carbons (Fsp3) is 0.375. The average Bonchev–Trinajstić information content (AvgIpc) is 2.95. The van der Waals surface area contributed by atoms with Crippen molar-refractivity contribution < 1.29 is 27.5 Å². The lowest BCUT2D eigenvalue weighted by molar-refractivity contribution is -0.135. The highest BCUT2D eigenvalue weighted by Gasteiger charge is 2.41. The Kier molecular flexibility index (Phi) is 11.8. The number of hydrogen-bond donors (Lipinski definition) is 2.